The van der Waals surface area contributed by atoms with Gasteiger partial charge in [0.05, 0.1) is 16.8 Å². The van der Waals surface area contributed by atoms with E-state index in [0.717, 1.165) is 53.7 Å². The van der Waals surface area contributed by atoms with Gasteiger partial charge in [-0.05, 0) is 44.2 Å². The van der Waals surface area contributed by atoms with Crippen LogP contribution >= 0.6 is 24.8 Å². The molecule has 0 radical (unpaired) electrons. The summed E-state index contributed by atoms with van der Waals surface area (Å²) in [5.41, 5.74) is 3.34. The number of pyridine rings is 2. The molecule has 1 amide bonds. The van der Waals surface area contributed by atoms with Crippen LogP contribution in [-0.2, 0) is 0 Å². The van der Waals surface area contributed by atoms with E-state index in [2.05, 4.69) is 10.3 Å². The number of piperidine rings is 1. The number of carbonyl (C=O) groups excluding carboxylic acids is 1. The average molecular weight is 419 g/mol. The first kappa shape index (κ1) is 22.1. The van der Waals surface area contributed by atoms with Gasteiger partial charge in [-0.15, -0.1) is 24.8 Å². The number of hydrogen-bond acceptors (Lipinski definition) is 4. The predicted molar refractivity (Wildman–Crippen MR) is 117 cm³/mol. The molecule has 3 heterocycles. The number of para-hydroxylation sites is 1. The summed E-state index contributed by atoms with van der Waals surface area (Å²) >= 11 is 0. The van der Waals surface area contributed by atoms with Crippen molar-refractivity contribution in [3.8, 4) is 11.3 Å². The van der Waals surface area contributed by atoms with Gasteiger partial charge in [0.2, 0.25) is 0 Å². The van der Waals surface area contributed by atoms with Crippen LogP contribution in [0, 0.1) is 0 Å². The number of likely N-dealkylation sites (tertiary alicyclic amines) is 1. The summed E-state index contributed by atoms with van der Waals surface area (Å²) in [4.78, 5) is 24.0. The van der Waals surface area contributed by atoms with Crippen molar-refractivity contribution in [2.45, 2.75) is 18.9 Å². The second-order valence-corrected chi connectivity index (χ2v) is 6.66. The van der Waals surface area contributed by atoms with Gasteiger partial charge in [-0.2, -0.15) is 0 Å². The van der Waals surface area contributed by atoms with Crippen molar-refractivity contribution in [3.05, 3.63) is 60.4 Å². The topological polar surface area (TPSA) is 58.1 Å². The summed E-state index contributed by atoms with van der Waals surface area (Å²) in [6, 6.07) is 14.1. The van der Waals surface area contributed by atoms with Crippen molar-refractivity contribution in [2.24, 2.45) is 0 Å². The Hall–Kier alpha value is -2.21. The van der Waals surface area contributed by atoms with E-state index in [1.54, 1.807) is 12.4 Å². The number of halogens is 2. The van der Waals surface area contributed by atoms with Gasteiger partial charge >= 0.3 is 0 Å². The standard InChI is InChI=1S/C21H22N4O.2ClH/c1-22-16-8-12-25(13-9-16)21(26)18-14-20(15-6-10-23-11-7-15)24-19-5-3-2-4-17(18)19;;/h2-7,10-11,14,16,22H,8-9,12-13H2,1H3;2*1H. The highest BCUT2D eigenvalue weighted by Gasteiger charge is 2.24. The molecule has 1 fully saturated rings. The van der Waals surface area contributed by atoms with Crippen molar-refractivity contribution >= 4 is 41.6 Å². The molecule has 148 valence electrons. The SMILES string of the molecule is CNC1CCN(C(=O)c2cc(-c3ccncc3)nc3ccccc23)CC1.Cl.Cl. The van der Waals surface area contributed by atoms with Gasteiger partial charge in [0.25, 0.3) is 5.91 Å². The van der Waals surface area contributed by atoms with Crippen molar-refractivity contribution in [2.75, 3.05) is 20.1 Å². The Morgan fingerprint density at radius 3 is 2.43 bits per heavy atom. The minimum atomic E-state index is 0. The van der Waals surface area contributed by atoms with Gasteiger partial charge in [-0.3, -0.25) is 9.78 Å². The molecule has 5 nitrogen and oxygen atoms in total. The van der Waals surface area contributed by atoms with E-state index in [0.29, 0.717) is 6.04 Å². The third-order valence-corrected chi connectivity index (χ3v) is 5.11. The fourth-order valence-electron chi connectivity index (χ4n) is 3.56. The van der Waals surface area contributed by atoms with E-state index in [9.17, 15) is 4.79 Å². The van der Waals surface area contributed by atoms with Crippen molar-refractivity contribution in [3.63, 3.8) is 0 Å². The molecule has 0 saturated carbocycles. The highest BCUT2D eigenvalue weighted by atomic mass is 35.5. The molecule has 1 aliphatic rings. The minimum absolute atomic E-state index is 0. The number of hydrogen-bond donors (Lipinski definition) is 1. The number of carbonyl (C=O) groups is 1. The molecular formula is C21H24Cl2N4O. The molecule has 0 spiro atoms. The summed E-state index contributed by atoms with van der Waals surface area (Å²) in [5.74, 6) is 0.0912. The maximum atomic E-state index is 13.3. The molecule has 7 heteroatoms. The second-order valence-electron chi connectivity index (χ2n) is 6.66. The molecule has 4 rings (SSSR count). The van der Waals surface area contributed by atoms with Crippen molar-refractivity contribution < 1.29 is 4.79 Å². The lowest BCUT2D eigenvalue weighted by Gasteiger charge is -2.32. The molecule has 2 aromatic heterocycles. The largest absolute Gasteiger partial charge is 0.339 e. The van der Waals surface area contributed by atoms with Crippen molar-refractivity contribution in [1.82, 2.24) is 20.2 Å². The number of amides is 1. The predicted octanol–water partition coefficient (Wildman–Crippen LogP) is 3.96. The first-order valence-corrected chi connectivity index (χ1v) is 9.03. The lowest BCUT2D eigenvalue weighted by Crippen LogP contribution is -2.44. The highest BCUT2D eigenvalue weighted by Crippen LogP contribution is 2.26. The molecule has 1 N–H and O–H groups in total. The minimum Gasteiger partial charge on any atom is -0.339 e. The fourth-order valence-corrected chi connectivity index (χ4v) is 3.56. The Morgan fingerprint density at radius 2 is 1.75 bits per heavy atom. The quantitative estimate of drug-likeness (QED) is 0.698. The van der Waals surface area contributed by atoms with Gasteiger partial charge in [-0.25, -0.2) is 4.98 Å². The number of fused-ring (bicyclic) bond motifs is 1. The van der Waals surface area contributed by atoms with Crippen LogP contribution in [0.5, 0.6) is 0 Å². The zero-order valence-corrected chi connectivity index (χ0v) is 17.3. The fraction of sp³-hybridized carbons (Fsp3) is 0.286. The molecule has 3 aromatic rings. The molecule has 1 aromatic carbocycles. The van der Waals surface area contributed by atoms with E-state index in [1.165, 1.54) is 0 Å². The van der Waals surface area contributed by atoms with Gasteiger partial charge in [0.15, 0.2) is 0 Å². The number of aromatic nitrogens is 2. The van der Waals surface area contributed by atoms with Crippen LogP contribution in [0.3, 0.4) is 0 Å². The van der Waals surface area contributed by atoms with Crippen LogP contribution in [0.15, 0.2) is 54.9 Å². The van der Waals surface area contributed by atoms with Gasteiger partial charge < -0.3 is 10.2 Å². The van der Waals surface area contributed by atoms with Gasteiger partial charge in [0.1, 0.15) is 0 Å². The van der Waals surface area contributed by atoms with E-state index < -0.39 is 0 Å². The second kappa shape index (κ2) is 9.82. The summed E-state index contributed by atoms with van der Waals surface area (Å²) in [6.07, 6.45) is 5.47. The highest BCUT2D eigenvalue weighted by molar-refractivity contribution is 6.07. The number of rotatable bonds is 3. The van der Waals surface area contributed by atoms with Gasteiger partial charge in [-0.1, -0.05) is 18.2 Å². The monoisotopic (exact) mass is 418 g/mol. The number of nitrogens with zero attached hydrogens (tertiary/aromatic N) is 3. The molecule has 0 aliphatic carbocycles. The number of benzene rings is 1. The molecule has 1 aliphatic heterocycles. The molecule has 28 heavy (non-hydrogen) atoms. The van der Waals surface area contributed by atoms with Crippen LogP contribution in [0.4, 0.5) is 0 Å². The summed E-state index contributed by atoms with van der Waals surface area (Å²) < 4.78 is 0. The lowest BCUT2D eigenvalue weighted by molar-refractivity contribution is 0.0709. The molecular weight excluding hydrogens is 395 g/mol. The third kappa shape index (κ3) is 4.43. The third-order valence-electron chi connectivity index (χ3n) is 5.11. The maximum Gasteiger partial charge on any atom is 0.254 e. The molecule has 0 bridgehead atoms. The first-order valence-electron chi connectivity index (χ1n) is 9.03. The van der Waals surface area contributed by atoms with E-state index >= 15 is 0 Å². The van der Waals surface area contributed by atoms with E-state index in [4.69, 9.17) is 4.98 Å². The maximum absolute atomic E-state index is 13.3. The Balaban J connectivity index is 0.00000140. The zero-order valence-electron chi connectivity index (χ0n) is 15.7. The Bertz CT molecular complexity index is 928. The lowest BCUT2D eigenvalue weighted by atomic mass is 10.0. The average Bonchev–Trinajstić information content (AvgIpc) is 2.73. The smallest absolute Gasteiger partial charge is 0.254 e. The van der Waals surface area contributed by atoms with Crippen molar-refractivity contribution in [1.29, 1.82) is 0 Å². The molecule has 0 unspecified atom stereocenters. The zero-order chi connectivity index (χ0) is 17.9. The molecule has 0 atom stereocenters. The summed E-state index contributed by atoms with van der Waals surface area (Å²) in [6.45, 7) is 1.57. The summed E-state index contributed by atoms with van der Waals surface area (Å²) in [5, 5.41) is 4.22. The molecule has 1 saturated heterocycles. The Kier molecular flexibility index (Phi) is 7.75. The van der Waals surface area contributed by atoms with Crippen LogP contribution < -0.4 is 5.32 Å². The van der Waals surface area contributed by atoms with Crippen LogP contribution in [0.25, 0.3) is 22.2 Å². The Morgan fingerprint density at radius 1 is 1.07 bits per heavy atom. The first-order chi connectivity index (χ1) is 12.8. The van der Waals surface area contributed by atoms with Crippen LogP contribution in [0.1, 0.15) is 23.2 Å². The Labute approximate surface area is 177 Å². The normalized spacial score (nSPS) is 14.2. The van der Waals surface area contributed by atoms with Crippen LogP contribution in [0.2, 0.25) is 0 Å². The van der Waals surface area contributed by atoms with Gasteiger partial charge in [0, 0.05) is 42.5 Å². The van der Waals surface area contributed by atoms with Crippen LogP contribution in [-0.4, -0.2) is 47.0 Å². The van der Waals surface area contributed by atoms with E-state index in [1.807, 2.05) is 54.4 Å². The number of nitrogens with one attached hydrogen (secondary N) is 1. The summed E-state index contributed by atoms with van der Waals surface area (Å²) in [7, 11) is 1.99. The van der Waals surface area contributed by atoms with E-state index in [-0.39, 0.29) is 30.7 Å².